The summed E-state index contributed by atoms with van der Waals surface area (Å²) in [5.74, 6) is 0.132. The zero-order valence-electron chi connectivity index (χ0n) is 11.4. The molecule has 0 aromatic carbocycles. The van der Waals surface area contributed by atoms with Gasteiger partial charge in [-0.15, -0.1) is 0 Å². The van der Waals surface area contributed by atoms with Gasteiger partial charge in [-0.1, -0.05) is 0 Å². The number of hydrogen-bond donors (Lipinski definition) is 1. The van der Waals surface area contributed by atoms with E-state index in [4.69, 9.17) is 5.11 Å². The monoisotopic (exact) mass is 242 g/mol. The summed E-state index contributed by atoms with van der Waals surface area (Å²) >= 11 is 0. The third kappa shape index (κ3) is 5.50. The van der Waals surface area contributed by atoms with E-state index in [1.165, 1.54) is 19.4 Å². The first-order chi connectivity index (χ1) is 7.99. The van der Waals surface area contributed by atoms with Crippen LogP contribution < -0.4 is 0 Å². The summed E-state index contributed by atoms with van der Waals surface area (Å²) < 4.78 is 0. The average Bonchev–Trinajstić information content (AvgIpc) is 2.26. The van der Waals surface area contributed by atoms with E-state index in [0.717, 1.165) is 25.4 Å². The van der Waals surface area contributed by atoms with Gasteiger partial charge in [0.05, 0.1) is 0 Å². The van der Waals surface area contributed by atoms with Crippen LogP contribution in [-0.4, -0.2) is 60.6 Å². The number of hydrogen-bond acceptors (Lipinski definition) is 3. The molecule has 0 amide bonds. The Balaban J connectivity index is 2.23. The Hall–Kier alpha value is -0.610. The van der Waals surface area contributed by atoms with Crippen LogP contribution in [0.5, 0.6) is 0 Å². The smallest absolute Gasteiger partial charge is 0.303 e. The molecule has 0 spiro atoms. The van der Waals surface area contributed by atoms with E-state index >= 15 is 0 Å². The lowest BCUT2D eigenvalue weighted by Gasteiger charge is -2.36. The predicted molar refractivity (Wildman–Crippen MR) is 69.2 cm³/mol. The van der Waals surface area contributed by atoms with E-state index in [2.05, 4.69) is 30.8 Å². The highest BCUT2D eigenvalue weighted by Gasteiger charge is 2.23. The van der Waals surface area contributed by atoms with Gasteiger partial charge < -0.3 is 14.9 Å². The molecule has 1 N–H and O–H groups in total. The number of nitrogens with zero attached hydrogens (tertiary/aromatic N) is 2. The molecule has 1 unspecified atom stereocenters. The Kier molecular flexibility index (Phi) is 5.92. The van der Waals surface area contributed by atoms with E-state index in [9.17, 15) is 4.79 Å². The molecule has 1 fully saturated rings. The molecule has 1 aliphatic rings. The molecule has 4 nitrogen and oxygen atoms in total. The van der Waals surface area contributed by atoms with E-state index in [1.807, 2.05) is 0 Å². The molecule has 100 valence electrons. The van der Waals surface area contributed by atoms with E-state index < -0.39 is 5.97 Å². The van der Waals surface area contributed by atoms with Gasteiger partial charge in [-0.3, -0.25) is 4.79 Å². The van der Waals surface area contributed by atoms with Crippen molar-refractivity contribution < 1.29 is 9.90 Å². The summed E-state index contributed by atoms with van der Waals surface area (Å²) in [5.41, 5.74) is 0. The highest BCUT2D eigenvalue weighted by Crippen LogP contribution is 2.20. The fraction of sp³-hybridized carbons (Fsp3) is 0.923. The van der Waals surface area contributed by atoms with Crippen molar-refractivity contribution in [3.05, 3.63) is 0 Å². The summed E-state index contributed by atoms with van der Waals surface area (Å²) in [6, 6.07) is 0.409. The van der Waals surface area contributed by atoms with Crippen LogP contribution in [0.25, 0.3) is 0 Å². The van der Waals surface area contributed by atoms with Crippen LogP contribution in [0.2, 0.25) is 0 Å². The number of carboxylic acids is 1. The Morgan fingerprint density at radius 1 is 1.41 bits per heavy atom. The number of carbonyl (C=O) groups is 1. The molecule has 17 heavy (non-hydrogen) atoms. The molecule has 1 aliphatic heterocycles. The molecule has 0 aromatic heterocycles. The number of likely N-dealkylation sites (tertiary alicyclic amines) is 1. The normalized spacial score (nSPS) is 20.7. The minimum atomic E-state index is -0.681. The van der Waals surface area contributed by atoms with Crippen LogP contribution in [0.4, 0.5) is 0 Å². The maximum absolute atomic E-state index is 10.5. The van der Waals surface area contributed by atoms with Crippen molar-refractivity contribution in [1.29, 1.82) is 0 Å². The van der Waals surface area contributed by atoms with Gasteiger partial charge in [-0.05, 0) is 59.3 Å². The number of piperidine rings is 1. The first kappa shape index (κ1) is 14.5. The van der Waals surface area contributed by atoms with Gasteiger partial charge in [-0.25, -0.2) is 0 Å². The molecule has 4 heteroatoms. The quantitative estimate of drug-likeness (QED) is 0.767. The van der Waals surface area contributed by atoms with Crippen molar-refractivity contribution in [2.45, 2.75) is 38.6 Å². The second-order valence-corrected chi connectivity index (χ2v) is 5.52. The lowest BCUT2D eigenvalue weighted by molar-refractivity contribution is -0.137. The standard InChI is InChI=1S/C13H26N2O2/c1-11(4-5-13(16)17)15-8-6-12(7-9-15)10-14(2)3/h11-12H,4-10H2,1-3H3,(H,16,17). The molecule has 1 rings (SSSR count). The van der Waals surface area contributed by atoms with E-state index in [0.29, 0.717) is 12.5 Å². The number of carboxylic acid groups (broad SMARTS) is 1. The molecule has 1 heterocycles. The van der Waals surface area contributed by atoms with Gasteiger partial charge in [0.1, 0.15) is 0 Å². The first-order valence-corrected chi connectivity index (χ1v) is 6.59. The Morgan fingerprint density at radius 2 is 2.00 bits per heavy atom. The van der Waals surface area contributed by atoms with Crippen molar-refractivity contribution in [2.75, 3.05) is 33.7 Å². The summed E-state index contributed by atoms with van der Waals surface area (Å²) in [6.45, 7) is 5.57. The van der Waals surface area contributed by atoms with Crippen LogP contribution in [0.1, 0.15) is 32.6 Å². The average molecular weight is 242 g/mol. The number of aliphatic carboxylic acids is 1. The van der Waals surface area contributed by atoms with E-state index in [1.54, 1.807) is 0 Å². The van der Waals surface area contributed by atoms with Gasteiger partial charge in [0.15, 0.2) is 0 Å². The Labute approximate surface area is 105 Å². The highest BCUT2D eigenvalue weighted by atomic mass is 16.4. The van der Waals surface area contributed by atoms with Crippen LogP contribution in [0.15, 0.2) is 0 Å². The number of rotatable bonds is 6. The summed E-state index contributed by atoms with van der Waals surface area (Å²) in [5, 5.41) is 8.68. The largest absolute Gasteiger partial charge is 0.481 e. The van der Waals surface area contributed by atoms with Crippen molar-refractivity contribution in [3.8, 4) is 0 Å². The lowest BCUT2D eigenvalue weighted by Crippen LogP contribution is -2.42. The highest BCUT2D eigenvalue weighted by molar-refractivity contribution is 5.66. The SMILES string of the molecule is CC(CCC(=O)O)N1CCC(CN(C)C)CC1. The van der Waals surface area contributed by atoms with E-state index in [-0.39, 0.29) is 0 Å². The summed E-state index contributed by atoms with van der Waals surface area (Å²) in [6.07, 6.45) is 3.55. The zero-order chi connectivity index (χ0) is 12.8. The molecule has 0 bridgehead atoms. The molecule has 0 radical (unpaired) electrons. The molecule has 1 saturated heterocycles. The third-order valence-electron chi connectivity index (χ3n) is 3.67. The van der Waals surface area contributed by atoms with Gasteiger partial charge in [-0.2, -0.15) is 0 Å². The van der Waals surface area contributed by atoms with Gasteiger partial charge in [0.25, 0.3) is 0 Å². The minimum Gasteiger partial charge on any atom is -0.481 e. The molecule has 1 atom stereocenters. The van der Waals surface area contributed by atoms with Crippen LogP contribution in [-0.2, 0) is 4.79 Å². The van der Waals surface area contributed by atoms with Crippen molar-refractivity contribution in [2.24, 2.45) is 5.92 Å². The summed E-state index contributed by atoms with van der Waals surface area (Å²) in [4.78, 5) is 15.2. The second kappa shape index (κ2) is 6.97. The first-order valence-electron chi connectivity index (χ1n) is 6.59. The van der Waals surface area contributed by atoms with Gasteiger partial charge >= 0.3 is 5.97 Å². The Morgan fingerprint density at radius 3 is 2.47 bits per heavy atom. The second-order valence-electron chi connectivity index (χ2n) is 5.52. The molecular formula is C13H26N2O2. The van der Waals surface area contributed by atoms with Crippen molar-refractivity contribution in [1.82, 2.24) is 9.80 Å². The van der Waals surface area contributed by atoms with Crippen molar-refractivity contribution in [3.63, 3.8) is 0 Å². The maximum atomic E-state index is 10.5. The van der Waals surface area contributed by atoms with Gasteiger partial charge in [0, 0.05) is 19.0 Å². The minimum absolute atomic E-state index is 0.290. The Bertz CT molecular complexity index is 236. The van der Waals surface area contributed by atoms with Gasteiger partial charge in [0.2, 0.25) is 0 Å². The fourth-order valence-corrected chi connectivity index (χ4v) is 2.61. The topological polar surface area (TPSA) is 43.8 Å². The maximum Gasteiger partial charge on any atom is 0.303 e. The molecule has 0 aromatic rings. The van der Waals surface area contributed by atoms with Crippen LogP contribution in [0.3, 0.4) is 0 Å². The summed E-state index contributed by atoms with van der Waals surface area (Å²) in [7, 11) is 4.25. The molecular weight excluding hydrogens is 216 g/mol. The third-order valence-corrected chi connectivity index (χ3v) is 3.67. The van der Waals surface area contributed by atoms with Crippen LogP contribution in [0, 0.1) is 5.92 Å². The lowest BCUT2D eigenvalue weighted by atomic mass is 9.95. The molecule has 0 saturated carbocycles. The predicted octanol–water partition coefficient (Wildman–Crippen LogP) is 1.51. The fourth-order valence-electron chi connectivity index (χ4n) is 2.61. The zero-order valence-corrected chi connectivity index (χ0v) is 11.4. The molecule has 0 aliphatic carbocycles. The van der Waals surface area contributed by atoms with Crippen molar-refractivity contribution >= 4 is 5.97 Å². The van der Waals surface area contributed by atoms with Crippen LogP contribution >= 0.6 is 0 Å².